The molecule has 0 aliphatic rings. The van der Waals surface area contributed by atoms with E-state index < -0.39 is 27.7 Å². The fourth-order valence-electron chi connectivity index (χ4n) is 2.47. The van der Waals surface area contributed by atoms with Gasteiger partial charge in [0.2, 0.25) is 21.8 Å². The Labute approximate surface area is 179 Å². The number of nitrogens with zero attached hydrogens (tertiary/aromatic N) is 2. The molecule has 11 heteroatoms. The molecule has 162 valence electrons. The maximum atomic E-state index is 13.2. The van der Waals surface area contributed by atoms with Crippen molar-refractivity contribution in [3.63, 3.8) is 0 Å². The Morgan fingerprint density at radius 2 is 1.63 bits per heavy atom. The molecule has 0 saturated heterocycles. The smallest absolute Gasteiger partial charge is 0.242 e. The van der Waals surface area contributed by atoms with Gasteiger partial charge in [0, 0.05) is 19.8 Å². The molecule has 8 nitrogen and oxygen atoms in total. The van der Waals surface area contributed by atoms with Crippen LogP contribution >= 0.6 is 11.6 Å². The minimum Gasteiger partial charge on any atom is -0.325 e. The van der Waals surface area contributed by atoms with E-state index in [0.717, 1.165) is 4.31 Å². The van der Waals surface area contributed by atoms with Crippen molar-refractivity contribution in [3.05, 3.63) is 53.3 Å². The van der Waals surface area contributed by atoms with Gasteiger partial charge in [-0.1, -0.05) is 17.7 Å². The molecule has 0 radical (unpaired) electrons. The summed E-state index contributed by atoms with van der Waals surface area (Å²) >= 11 is 6.06. The Morgan fingerprint density at radius 3 is 2.23 bits per heavy atom. The van der Waals surface area contributed by atoms with Crippen molar-refractivity contribution < 1.29 is 22.4 Å². The lowest BCUT2D eigenvalue weighted by Gasteiger charge is -2.17. The summed E-state index contributed by atoms with van der Waals surface area (Å²) in [5.74, 6) is -1.39. The molecule has 2 amide bonds. The van der Waals surface area contributed by atoms with Crippen LogP contribution in [0.15, 0.2) is 47.4 Å². The summed E-state index contributed by atoms with van der Waals surface area (Å²) in [4.78, 5) is 25.8. The largest absolute Gasteiger partial charge is 0.325 e. The van der Waals surface area contributed by atoms with Gasteiger partial charge >= 0.3 is 0 Å². The molecule has 0 bridgehead atoms. The molecular formula is C19H22ClFN4O4S. The Kier molecular flexibility index (Phi) is 7.90. The zero-order valence-corrected chi connectivity index (χ0v) is 18.2. The maximum absolute atomic E-state index is 13.2. The summed E-state index contributed by atoms with van der Waals surface area (Å²) in [6.07, 6.45) is 0. The number of carbonyl (C=O) groups is 2. The summed E-state index contributed by atoms with van der Waals surface area (Å²) in [5, 5.41) is 5.26. The second-order valence-electron chi connectivity index (χ2n) is 6.71. The number of amides is 2. The van der Waals surface area contributed by atoms with Crippen molar-refractivity contribution in [3.8, 4) is 0 Å². The molecule has 0 saturated carbocycles. The average molecular weight is 457 g/mol. The van der Waals surface area contributed by atoms with Gasteiger partial charge < -0.3 is 10.6 Å². The lowest BCUT2D eigenvalue weighted by molar-refractivity contribution is -0.119. The molecule has 0 aliphatic carbocycles. The Morgan fingerprint density at radius 1 is 1.00 bits per heavy atom. The quantitative estimate of drug-likeness (QED) is 0.634. The van der Waals surface area contributed by atoms with Gasteiger partial charge in [-0.3, -0.25) is 14.5 Å². The topological polar surface area (TPSA) is 98.8 Å². The highest BCUT2D eigenvalue weighted by atomic mass is 35.5. The van der Waals surface area contributed by atoms with Crippen LogP contribution in [-0.4, -0.2) is 63.7 Å². The van der Waals surface area contributed by atoms with Crippen molar-refractivity contribution in [1.29, 1.82) is 0 Å². The molecule has 0 aliphatic heterocycles. The van der Waals surface area contributed by atoms with Crippen molar-refractivity contribution in [2.75, 3.05) is 44.9 Å². The number of carbonyl (C=O) groups excluding carboxylic acids is 2. The third-order valence-electron chi connectivity index (χ3n) is 3.93. The second-order valence-corrected chi connectivity index (χ2v) is 9.27. The van der Waals surface area contributed by atoms with Crippen LogP contribution in [0, 0.1) is 5.82 Å². The van der Waals surface area contributed by atoms with Gasteiger partial charge in [0.05, 0.1) is 28.7 Å². The van der Waals surface area contributed by atoms with Gasteiger partial charge in [-0.05, 0) is 43.4 Å². The van der Waals surface area contributed by atoms with Crippen LogP contribution in [0.4, 0.5) is 15.8 Å². The van der Waals surface area contributed by atoms with E-state index in [0.29, 0.717) is 5.69 Å². The van der Waals surface area contributed by atoms with Crippen LogP contribution in [-0.2, 0) is 19.6 Å². The highest BCUT2D eigenvalue weighted by Gasteiger charge is 2.19. The molecule has 0 fully saturated rings. The second kappa shape index (κ2) is 9.98. The van der Waals surface area contributed by atoms with E-state index in [4.69, 9.17) is 11.6 Å². The third-order valence-corrected chi connectivity index (χ3v) is 6.07. The first-order valence-corrected chi connectivity index (χ1v) is 10.6. The number of benzene rings is 2. The number of rotatable bonds is 8. The predicted molar refractivity (Wildman–Crippen MR) is 113 cm³/mol. The lowest BCUT2D eigenvalue weighted by atomic mass is 10.3. The maximum Gasteiger partial charge on any atom is 0.242 e. The zero-order chi connectivity index (χ0) is 22.5. The molecule has 0 unspecified atom stereocenters. The predicted octanol–water partition coefficient (Wildman–Crippen LogP) is 2.24. The minimum atomic E-state index is -3.69. The van der Waals surface area contributed by atoms with E-state index >= 15 is 0 Å². The fourth-order valence-corrected chi connectivity index (χ4v) is 3.57. The van der Waals surface area contributed by atoms with Gasteiger partial charge in [-0.2, -0.15) is 0 Å². The van der Waals surface area contributed by atoms with Gasteiger partial charge in [-0.15, -0.1) is 0 Å². The molecule has 2 aromatic rings. The van der Waals surface area contributed by atoms with Crippen molar-refractivity contribution in [2.45, 2.75) is 4.90 Å². The fraction of sp³-hybridized carbons (Fsp3) is 0.263. The van der Waals surface area contributed by atoms with Crippen LogP contribution in [0.5, 0.6) is 0 Å². The number of hydrogen-bond donors (Lipinski definition) is 2. The van der Waals surface area contributed by atoms with Crippen LogP contribution in [0.2, 0.25) is 5.02 Å². The van der Waals surface area contributed by atoms with E-state index in [1.165, 1.54) is 55.4 Å². The monoisotopic (exact) mass is 456 g/mol. The van der Waals surface area contributed by atoms with E-state index in [1.807, 2.05) is 0 Å². The summed E-state index contributed by atoms with van der Waals surface area (Å²) in [6, 6.07) is 9.45. The van der Waals surface area contributed by atoms with Gasteiger partial charge in [0.1, 0.15) is 5.82 Å². The zero-order valence-electron chi connectivity index (χ0n) is 16.6. The van der Waals surface area contributed by atoms with Crippen molar-refractivity contribution >= 4 is 44.8 Å². The summed E-state index contributed by atoms with van der Waals surface area (Å²) < 4.78 is 38.7. The number of sulfonamides is 1. The standard InChI is InChI=1S/C19H22ClFN4O4S/c1-24(2)30(28,29)15-7-8-16(20)17(10-15)23-19(27)12-25(3)11-18(26)22-14-6-4-5-13(21)9-14/h4-10H,11-12H2,1-3H3,(H,22,26)(H,23,27). The number of anilines is 2. The van der Waals surface area contributed by atoms with Crippen molar-refractivity contribution in [2.24, 2.45) is 0 Å². The first kappa shape index (κ1) is 23.7. The Bertz CT molecular complexity index is 1050. The number of nitrogens with one attached hydrogen (secondary N) is 2. The molecule has 2 N–H and O–H groups in total. The first-order chi connectivity index (χ1) is 14.0. The van der Waals surface area contributed by atoms with E-state index in [2.05, 4.69) is 10.6 Å². The number of hydrogen-bond acceptors (Lipinski definition) is 5. The van der Waals surface area contributed by atoms with Crippen LogP contribution in [0.25, 0.3) is 0 Å². The molecule has 0 spiro atoms. The highest BCUT2D eigenvalue weighted by Crippen LogP contribution is 2.26. The van der Waals surface area contributed by atoms with Gasteiger partial charge in [0.25, 0.3) is 0 Å². The SMILES string of the molecule is CN(CC(=O)Nc1cccc(F)c1)CC(=O)Nc1cc(S(=O)(=O)N(C)C)ccc1Cl. The minimum absolute atomic E-state index is 0.0185. The lowest BCUT2D eigenvalue weighted by Crippen LogP contribution is -2.36. The molecular weight excluding hydrogens is 435 g/mol. The Balaban J connectivity index is 1.97. The highest BCUT2D eigenvalue weighted by molar-refractivity contribution is 7.89. The van der Waals surface area contributed by atoms with Crippen LogP contribution in [0.3, 0.4) is 0 Å². The van der Waals surface area contributed by atoms with Gasteiger partial charge in [-0.25, -0.2) is 17.1 Å². The van der Waals surface area contributed by atoms with Crippen LogP contribution in [0.1, 0.15) is 0 Å². The molecule has 0 aromatic heterocycles. The van der Waals surface area contributed by atoms with Crippen molar-refractivity contribution in [1.82, 2.24) is 9.21 Å². The van der Waals surface area contributed by atoms with E-state index in [1.54, 1.807) is 13.1 Å². The summed E-state index contributed by atoms with van der Waals surface area (Å²) in [5.41, 5.74) is 0.450. The first-order valence-electron chi connectivity index (χ1n) is 8.75. The molecule has 2 rings (SSSR count). The molecule has 2 aromatic carbocycles. The van der Waals surface area contributed by atoms with Crippen LogP contribution < -0.4 is 10.6 Å². The molecule has 0 heterocycles. The molecule has 0 atom stereocenters. The van der Waals surface area contributed by atoms with E-state index in [-0.39, 0.29) is 28.7 Å². The van der Waals surface area contributed by atoms with Gasteiger partial charge in [0.15, 0.2) is 0 Å². The summed E-state index contributed by atoms with van der Waals surface area (Å²) in [6.45, 7) is -0.274. The normalized spacial score (nSPS) is 11.6. The number of likely N-dealkylation sites (N-methyl/N-ethyl adjacent to an activating group) is 1. The summed E-state index contributed by atoms with van der Waals surface area (Å²) in [7, 11) is 0.654. The Hall–Kier alpha value is -2.53. The third kappa shape index (κ3) is 6.49. The average Bonchev–Trinajstić information content (AvgIpc) is 2.62. The molecule has 30 heavy (non-hydrogen) atoms. The van der Waals surface area contributed by atoms with E-state index in [9.17, 15) is 22.4 Å². The number of halogens is 2.